The average molecular weight is 426 g/mol. The number of nitrogens with zero attached hydrogens (tertiary/aromatic N) is 5. The quantitative estimate of drug-likeness (QED) is 0.282. The predicted octanol–water partition coefficient (Wildman–Crippen LogP) is -0.792. The zero-order valence-corrected chi connectivity index (χ0v) is 15.3. The van der Waals surface area contributed by atoms with Gasteiger partial charge in [0.05, 0.1) is 5.69 Å². The molecule has 2 aromatic heterocycles. The van der Waals surface area contributed by atoms with Crippen molar-refractivity contribution in [2.45, 2.75) is 6.54 Å². The third-order valence-corrected chi connectivity index (χ3v) is 4.32. The van der Waals surface area contributed by atoms with Gasteiger partial charge in [-0.25, -0.2) is 14.2 Å². The summed E-state index contributed by atoms with van der Waals surface area (Å²) in [6.07, 6.45) is 0. The van der Waals surface area contributed by atoms with Crippen molar-refractivity contribution in [2.24, 2.45) is 0 Å². The fourth-order valence-corrected chi connectivity index (χ4v) is 2.73. The lowest BCUT2D eigenvalue weighted by atomic mass is 10.1. The minimum absolute atomic E-state index is 0.0879. The molecule has 2 heterocycles. The van der Waals surface area contributed by atoms with Gasteiger partial charge >= 0.3 is 5.97 Å². The summed E-state index contributed by atoms with van der Waals surface area (Å²) in [5.74, 6) is -2.97. The molecule has 0 bridgehead atoms. The van der Waals surface area contributed by atoms with Crippen LogP contribution in [0.15, 0.2) is 33.9 Å². The first-order valence-electron chi connectivity index (χ1n) is 8.51. The number of rotatable bonds is 6. The third kappa shape index (κ3) is 3.41. The number of hydrogen-bond acceptors (Lipinski definition) is 10. The van der Waals surface area contributed by atoms with Crippen molar-refractivity contribution in [1.29, 1.82) is 0 Å². The second-order valence-electron chi connectivity index (χ2n) is 6.29. The second-order valence-corrected chi connectivity index (χ2v) is 6.29. The average Bonchev–Trinajstić information content (AvgIpc) is 3.24. The molecule has 0 radical (unpaired) electrons. The third-order valence-electron chi connectivity index (χ3n) is 4.32. The molecule has 14 heteroatoms. The van der Waals surface area contributed by atoms with E-state index in [-0.39, 0.29) is 40.8 Å². The summed E-state index contributed by atoms with van der Waals surface area (Å²) >= 11 is 0. The van der Waals surface area contributed by atoms with E-state index in [0.717, 1.165) is 16.6 Å². The van der Waals surface area contributed by atoms with Crippen molar-refractivity contribution in [3.05, 3.63) is 67.5 Å². The number of carbonyl (C=O) groups excluding carboxylic acids is 1. The van der Waals surface area contributed by atoms with Gasteiger partial charge in [-0.3, -0.25) is 14.4 Å². The Hall–Kier alpha value is -4.75. The van der Waals surface area contributed by atoms with Gasteiger partial charge in [-0.1, -0.05) is 11.2 Å². The van der Waals surface area contributed by atoms with Crippen LogP contribution in [0, 0.1) is 5.82 Å². The summed E-state index contributed by atoms with van der Waals surface area (Å²) in [7, 11) is 0. The Kier molecular flexibility index (Phi) is 4.58. The maximum atomic E-state index is 14.0. The van der Waals surface area contributed by atoms with Crippen LogP contribution in [-0.4, -0.2) is 42.0 Å². The van der Waals surface area contributed by atoms with Crippen LogP contribution in [0.4, 0.5) is 21.5 Å². The molecule has 13 nitrogen and oxygen atoms in total. The summed E-state index contributed by atoms with van der Waals surface area (Å²) in [5.41, 5.74) is 2.94. The minimum Gasteiger partial charge on any atom is -0.477 e. The largest absolute Gasteiger partial charge is 0.477 e. The van der Waals surface area contributed by atoms with E-state index < -0.39 is 28.6 Å². The van der Waals surface area contributed by atoms with Crippen LogP contribution in [-0.2, 0) is 6.54 Å². The summed E-state index contributed by atoms with van der Waals surface area (Å²) < 4.78 is 14.9. The van der Waals surface area contributed by atoms with Crippen LogP contribution >= 0.6 is 0 Å². The summed E-state index contributed by atoms with van der Waals surface area (Å²) in [5, 5.41) is 24.6. The molecular formula is C17H11FN8O5. The Bertz CT molecular complexity index is 1440. The second kappa shape index (κ2) is 7.25. The highest BCUT2D eigenvalue weighted by Crippen LogP contribution is 2.22. The number of anilines is 3. The number of fused-ring (bicyclic) bond motifs is 1. The number of carbonyl (C=O) groups is 2. The number of halogens is 1. The van der Waals surface area contributed by atoms with Crippen molar-refractivity contribution < 1.29 is 19.1 Å². The van der Waals surface area contributed by atoms with E-state index in [4.69, 9.17) is 5.73 Å². The molecule has 0 aliphatic rings. The lowest BCUT2D eigenvalue weighted by Gasteiger charge is -2.12. The number of aromatic nitrogens is 5. The van der Waals surface area contributed by atoms with E-state index in [1.807, 2.05) is 0 Å². The van der Waals surface area contributed by atoms with Gasteiger partial charge in [0.25, 0.3) is 22.5 Å². The van der Waals surface area contributed by atoms with Crippen LogP contribution in [0.2, 0.25) is 0 Å². The number of carboxylic acids is 1. The Morgan fingerprint density at radius 3 is 2.68 bits per heavy atom. The summed E-state index contributed by atoms with van der Waals surface area (Å²) in [6, 6.07) is 4.80. The highest BCUT2D eigenvalue weighted by atomic mass is 19.1. The molecular weight excluding hydrogens is 415 g/mol. The van der Waals surface area contributed by atoms with Gasteiger partial charge in [0.15, 0.2) is 5.69 Å². The van der Waals surface area contributed by atoms with Crippen LogP contribution in [0.25, 0.3) is 5.78 Å². The van der Waals surface area contributed by atoms with Gasteiger partial charge in [0.1, 0.15) is 22.9 Å². The number of benzene rings is 1. The molecule has 0 atom stereocenters. The molecule has 1 amide bonds. The van der Waals surface area contributed by atoms with E-state index in [0.29, 0.717) is 5.56 Å². The molecule has 4 aromatic rings. The lowest BCUT2D eigenvalue weighted by Crippen LogP contribution is -2.36. The minimum atomic E-state index is -1.36. The van der Waals surface area contributed by atoms with Crippen molar-refractivity contribution in [3.8, 4) is 0 Å². The number of aromatic carboxylic acids is 1. The fraction of sp³-hybridized carbons (Fsp3) is 0.0588. The van der Waals surface area contributed by atoms with Crippen molar-refractivity contribution >= 4 is 34.7 Å². The number of nitrogens with two attached hydrogens (primary N) is 1. The first-order valence-corrected chi connectivity index (χ1v) is 8.51. The highest BCUT2D eigenvalue weighted by molar-refractivity contribution is 5.95. The van der Waals surface area contributed by atoms with Crippen molar-refractivity contribution in [2.75, 3.05) is 11.1 Å². The number of hydrogen-bond donors (Lipinski definition) is 4. The van der Waals surface area contributed by atoms with Crippen molar-refractivity contribution in [3.63, 3.8) is 0 Å². The molecule has 0 saturated carbocycles. The van der Waals surface area contributed by atoms with Crippen LogP contribution in [0.5, 0.6) is 0 Å². The maximum absolute atomic E-state index is 14.0. The molecule has 0 unspecified atom stereocenters. The monoisotopic (exact) mass is 426 g/mol. The van der Waals surface area contributed by atoms with E-state index in [1.165, 1.54) is 12.1 Å². The van der Waals surface area contributed by atoms with Crippen LogP contribution in [0.1, 0.15) is 26.5 Å². The van der Waals surface area contributed by atoms with Crippen molar-refractivity contribution in [1.82, 2.24) is 30.3 Å². The van der Waals surface area contributed by atoms with E-state index >= 15 is 0 Å². The topological polar surface area (TPSA) is 195 Å². The Labute approximate surface area is 170 Å². The Balaban J connectivity index is 1.52. The van der Waals surface area contributed by atoms with E-state index in [2.05, 4.69) is 31.1 Å². The smallest absolute Gasteiger partial charge is 0.354 e. The SMILES string of the molecule is Nc1c(Nc2cc(CNC(=O)c3cc(C(=O)O)n4nnnc4n3)ccc2F)c(=O)c1=O. The number of tetrazole rings is 1. The van der Waals surface area contributed by atoms with E-state index in [9.17, 15) is 28.7 Å². The number of carboxylic acid groups (broad SMARTS) is 1. The van der Waals surface area contributed by atoms with Gasteiger partial charge in [-0.2, -0.15) is 4.52 Å². The first kappa shape index (κ1) is 19.6. The normalized spacial score (nSPS) is 11.0. The molecule has 0 saturated heterocycles. The molecule has 4 rings (SSSR count). The number of nitrogens with one attached hydrogen (secondary N) is 2. The van der Waals surface area contributed by atoms with Gasteiger partial charge in [-0.05, 0) is 28.1 Å². The molecule has 0 spiro atoms. The van der Waals surface area contributed by atoms with Gasteiger partial charge < -0.3 is 21.5 Å². The van der Waals surface area contributed by atoms with Gasteiger partial charge in [-0.15, -0.1) is 0 Å². The zero-order chi connectivity index (χ0) is 22.3. The molecule has 0 fully saturated rings. The molecule has 0 aliphatic heterocycles. The molecule has 2 aromatic carbocycles. The molecule has 5 N–H and O–H groups in total. The molecule has 31 heavy (non-hydrogen) atoms. The van der Waals surface area contributed by atoms with Crippen LogP contribution in [0.3, 0.4) is 0 Å². The standard InChI is InChI=1S/C17H11FN8O5/c18-7-2-1-6(3-8(7)21-12-11(19)13(27)14(12)28)5-20-15(29)9-4-10(16(30)31)26-17(22-9)23-24-25-26/h1-4,21H,5,19H2,(H,20,29)(H,30,31). The predicted molar refractivity (Wildman–Crippen MR) is 102 cm³/mol. The summed E-state index contributed by atoms with van der Waals surface area (Å²) in [6.45, 7) is -0.0879. The van der Waals surface area contributed by atoms with Gasteiger partial charge in [0, 0.05) is 12.6 Å². The highest BCUT2D eigenvalue weighted by Gasteiger charge is 2.20. The Morgan fingerprint density at radius 1 is 1.19 bits per heavy atom. The lowest BCUT2D eigenvalue weighted by molar-refractivity contribution is 0.0687. The molecule has 156 valence electrons. The fourth-order valence-electron chi connectivity index (χ4n) is 2.73. The number of amides is 1. The molecule has 0 aliphatic carbocycles. The van der Waals surface area contributed by atoms with Gasteiger partial charge in [0.2, 0.25) is 0 Å². The first-order chi connectivity index (χ1) is 14.8. The Morgan fingerprint density at radius 2 is 1.97 bits per heavy atom. The number of nitrogen functional groups attached to an aromatic ring is 1. The zero-order valence-electron chi connectivity index (χ0n) is 15.3. The van der Waals surface area contributed by atoms with E-state index in [1.54, 1.807) is 0 Å². The van der Waals surface area contributed by atoms with Crippen LogP contribution < -0.4 is 27.2 Å². The maximum Gasteiger partial charge on any atom is 0.354 e. The summed E-state index contributed by atoms with van der Waals surface area (Å²) in [4.78, 5) is 50.3.